The molecule has 3 heteroatoms. The molecule has 0 saturated carbocycles. The Morgan fingerprint density at radius 1 is 1.04 bits per heavy atom. The van der Waals surface area contributed by atoms with E-state index in [1.165, 1.54) is 11.6 Å². The van der Waals surface area contributed by atoms with Gasteiger partial charge in [0, 0.05) is 5.56 Å². The van der Waals surface area contributed by atoms with Crippen LogP contribution in [0.4, 0.5) is 4.39 Å². The van der Waals surface area contributed by atoms with Crippen LogP contribution < -0.4 is 10.1 Å². The summed E-state index contributed by atoms with van der Waals surface area (Å²) < 4.78 is 20.2. The van der Waals surface area contributed by atoms with E-state index in [4.69, 9.17) is 4.74 Å². The molecule has 0 spiro atoms. The molecule has 0 aliphatic carbocycles. The molecule has 23 heavy (non-hydrogen) atoms. The summed E-state index contributed by atoms with van der Waals surface area (Å²) in [6.07, 6.45) is 1.62. The van der Waals surface area contributed by atoms with Gasteiger partial charge in [0.15, 0.2) is 0 Å². The van der Waals surface area contributed by atoms with Crippen LogP contribution in [-0.2, 0) is 6.42 Å². The van der Waals surface area contributed by atoms with E-state index in [0.29, 0.717) is 17.7 Å². The minimum absolute atomic E-state index is 0.0306. The molecule has 0 saturated heterocycles. The zero-order valence-corrected chi connectivity index (χ0v) is 14.2. The van der Waals surface area contributed by atoms with Crippen molar-refractivity contribution in [2.75, 3.05) is 13.6 Å². The molecular formula is C20H26FNO. The van der Waals surface area contributed by atoms with Crippen LogP contribution in [0.25, 0.3) is 0 Å². The van der Waals surface area contributed by atoms with Crippen molar-refractivity contribution in [3.05, 3.63) is 65.5 Å². The van der Waals surface area contributed by atoms with Crippen molar-refractivity contribution in [1.82, 2.24) is 5.32 Å². The van der Waals surface area contributed by atoms with Gasteiger partial charge in [0.05, 0.1) is 6.10 Å². The van der Waals surface area contributed by atoms with Crippen molar-refractivity contribution in [2.45, 2.75) is 38.7 Å². The number of rotatable bonds is 8. The fourth-order valence-electron chi connectivity index (χ4n) is 2.78. The monoisotopic (exact) mass is 315 g/mol. The van der Waals surface area contributed by atoms with E-state index >= 15 is 0 Å². The average Bonchev–Trinajstić information content (AvgIpc) is 2.54. The molecule has 2 aromatic rings. The van der Waals surface area contributed by atoms with Crippen LogP contribution in [0, 0.1) is 5.82 Å². The molecule has 0 aliphatic rings. The van der Waals surface area contributed by atoms with Crippen LogP contribution >= 0.6 is 0 Å². The maximum absolute atomic E-state index is 14.4. The van der Waals surface area contributed by atoms with Gasteiger partial charge in [-0.2, -0.15) is 0 Å². The summed E-state index contributed by atoms with van der Waals surface area (Å²) in [6.45, 7) is 4.82. The maximum Gasteiger partial charge on any atom is 0.130 e. The third-order valence-electron chi connectivity index (χ3n) is 3.90. The summed E-state index contributed by atoms with van der Waals surface area (Å²) >= 11 is 0. The van der Waals surface area contributed by atoms with Gasteiger partial charge in [0.1, 0.15) is 11.6 Å². The minimum atomic E-state index is -0.187. The van der Waals surface area contributed by atoms with Gasteiger partial charge in [0.25, 0.3) is 0 Å². The average molecular weight is 315 g/mol. The van der Waals surface area contributed by atoms with E-state index in [1.807, 2.05) is 45.2 Å². The van der Waals surface area contributed by atoms with Crippen LogP contribution in [0.15, 0.2) is 48.5 Å². The first-order valence-electron chi connectivity index (χ1n) is 8.25. The maximum atomic E-state index is 14.4. The Bertz CT molecular complexity index is 598. The summed E-state index contributed by atoms with van der Waals surface area (Å²) in [5.41, 5.74) is 1.91. The molecule has 2 nitrogen and oxygen atoms in total. The summed E-state index contributed by atoms with van der Waals surface area (Å²) in [4.78, 5) is 0. The Balaban J connectivity index is 2.28. The number of hydrogen-bond donors (Lipinski definition) is 1. The molecule has 124 valence electrons. The van der Waals surface area contributed by atoms with Crippen LogP contribution in [-0.4, -0.2) is 19.7 Å². The highest BCUT2D eigenvalue weighted by Crippen LogP contribution is 2.31. The molecule has 1 unspecified atom stereocenters. The number of hydrogen-bond acceptors (Lipinski definition) is 2. The van der Waals surface area contributed by atoms with Crippen molar-refractivity contribution in [2.24, 2.45) is 0 Å². The van der Waals surface area contributed by atoms with Gasteiger partial charge in [-0.15, -0.1) is 0 Å². The van der Waals surface area contributed by atoms with E-state index in [1.54, 1.807) is 6.07 Å². The molecule has 0 aromatic heterocycles. The lowest BCUT2D eigenvalue weighted by Gasteiger charge is -2.21. The first kappa shape index (κ1) is 17.5. The fraction of sp³-hybridized carbons (Fsp3) is 0.400. The van der Waals surface area contributed by atoms with Gasteiger partial charge in [-0.05, 0) is 63.9 Å². The van der Waals surface area contributed by atoms with Crippen molar-refractivity contribution in [3.8, 4) is 5.75 Å². The summed E-state index contributed by atoms with van der Waals surface area (Å²) in [6, 6.07) is 15.4. The topological polar surface area (TPSA) is 21.3 Å². The number of halogens is 1. The molecule has 2 rings (SSSR count). The summed E-state index contributed by atoms with van der Waals surface area (Å²) in [5, 5.41) is 3.19. The molecule has 0 fully saturated rings. The molecule has 0 heterocycles. The van der Waals surface area contributed by atoms with Crippen molar-refractivity contribution >= 4 is 0 Å². The van der Waals surface area contributed by atoms with E-state index < -0.39 is 0 Å². The molecule has 0 amide bonds. The second-order valence-corrected chi connectivity index (χ2v) is 6.09. The second kappa shape index (κ2) is 8.68. The molecular weight excluding hydrogens is 289 g/mol. The molecule has 0 radical (unpaired) electrons. The van der Waals surface area contributed by atoms with Gasteiger partial charge >= 0.3 is 0 Å². The molecule has 0 bridgehead atoms. The molecule has 2 aromatic carbocycles. The predicted octanol–water partition coefficient (Wildman–Crippen LogP) is 4.55. The van der Waals surface area contributed by atoms with Gasteiger partial charge in [-0.1, -0.05) is 36.4 Å². The Hall–Kier alpha value is -1.87. The molecule has 1 atom stereocenters. The van der Waals surface area contributed by atoms with E-state index in [2.05, 4.69) is 17.4 Å². The quantitative estimate of drug-likeness (QED) is 0.771. The lowest BCUT2D eigenvalue weighted by molar-refractivity contribution is 0.238. The predicted molar refractivity (Wildman–Crippen MR) is 93.6 cm³/mol. The lowest BCUT2D eigenvalue weighted by Crippen LogP contribution is -2.15. The normalized spacial score (nSPS) is 12.4. The Labute approximate surface area is 138 Å². The second-order valence-electron chi connectivity index (χ2n) is 6.09. The number of benzene rings is 2. The Morgan fingerprint density at radius 2 is 1.78 bits per heavy atom. The van der Waals surface area contributed by atoms with E-state index in [0.717, 1.165) is 13.0 Å². The van der Waals surface area contributed by atoms with Gasteiger partial charge in [-0.3, -0.25) is 0 Å². The zero-order valence-electron chi connectivity index (χ0n) is 14.2. The third kappa shape index (κ3) is 5.07. The lowest BCUT2D eigenvalue weighted by atomic mass is 9.88. The van der Waals surface area contributed by atoms with Crippen molar-refractivity contribution in [1.29, 1.82) is 0 Å². The van der Waals surface area contributed by atoms with Crippen LogP contribution in [0.2, 0.25) is 0 Å². The van der Waals surface area contributed by atoms with Gasteiger partial charge in [0.2, 0.25) is 0 Å². The summed E-state index contributed by atoms with van der Waals surface area (Å²) in [5.74, 6) is 0.731. The highest BCUT2D eigenvalue weighted by molar-refractivity contribution is 5.37. The molecule has 1 N–H and O–H groups in total. The fourth-order valence-corrected chi connectivity index (χ4v) is 2.78. The van der Waals surface area contributed by atoms with Crippen molar-refractivity contribution < 1.29 is 9.13 Å². The zero-order chi connectivity index (χ0) is 16.7. The Kier molecular flexibility index (Phi) is 6.60. The van der Waals surface area contributed by atoms with Crippen LogP contribution in [0.5, 0.6) is 5.75 Å². The van der Waals surface area contributed by atoms with Gasteiger partial charge < -0.3 is 10.1 Å². The van der Waals surface area contributed by atoms with Crippen molar-refractivity contribution in [3.63, 3.8) is 0 Å². The molecule has 0 aliphatic heterocycles. The Morgan fingerprint density at radius 3 is 2.43 bits per heavy atom. The standard InChI is InChI=1S/C20H26FNO/c1-15(2)23-20-11-7-10-19(21)18(20)14-17(12-13-22-3)16-8-5-4-6-9-16/h4-11,15,17,22H,12-14H2,1-3H3. The smallest absolute Gasteiger partial charge is 0.130 e. The van der Waals surface area contributed by atoms with E-state index in [-0.39, 0.29) is 17.8 Å². The van der Waals surface area contributed by atoms with Crippen LogP contribution in [0.3, 0.4) is 0 Å². The first-order chi connectivity index (χ1) is 11.1. The summed E-state index contributed by atoms with van der Waals surface area (Å²) in [7, 11) is 1.94. The minimum Gasteiger partial charge on any atom is -0.491 e. The highest BCUT2D eigenvalue weighted by atomic mass is 19.1. The first-order valence-corrected chi connectivity index (χ1v) is 8.25. The van der Waals surface area contributed by atoms with E-state index in [9.17, 15) is 4.39 Å². The van der Waals surface area contributed by atoms with Crippen LogP contribution in [0.1, 0.15) is 37.3 Å². The SMILES string of the molecule is CNCCC(Cc1c(F)cccc1OC(C)C)c1ccccc1. The third-order valence-corrected chi connectivity index (χ3v) is 3.90. The highest BCUT2D eigenvalue weighted by Gasteiger charge is 2.18. The largest absolute Gasteiger partial charge is 0.491 e. The number of nitrogens with one attached hydrogen (secondary N) is 1. The van der Waals surface area contributed by atoms with Gasteiger partial charge in [-0.25, -0.2) is 4.39 Å². The number of ether oxygens (including phenoxy) is 1.